The Kier molecular flexibility index (Phi) is 7.67. The number of hydrogen-bond donors (Lipinski definition) is 0. The second-order valence-electron chi connectivity index (χ2n) is 9.13. The highest BCUT2D eigenvalue weighted by Crippen LogP contribution is 2.34. The van der Waals surface area contributed by atoms with Gasteiger partial charge in [-0.05, 0) is 67.1 Å². The van der Waals surface area contributed by atoms with Gasteiger partial charge in [0.1, 0.15) is 5.82 Å². The first-order valence-corrected chi connectivity index (χ1v) is 12.1. The fraction of sp³-hybridized carbons (Fsp3) is 0.345. The number of carbonyl (C=O) groups is 2. The number of esters is 1. The summed E-state index contributed by atoms with van der Waals surface area (Å²) in [5, 5.41) is 0. The highest BCUT2D eigenvalue weighted by Gasteiger charge is 2.27. The predicted octanol–water partition coefficient (Wildman–Crippen LogP) is 5.13. The summed E-state index contributed by atoms with van der Waals surface area (Å²) in [6, 6.07) is 12.6. The number of aromatic nitrogens is 1. The van der Waals surface area contributed by atoms with Gasteiger partial charge in [-0.1, -0.05) is 29.8 Å². The van der Waals surface area contributed by atoms with Crippen molar-refractivity contribution in [3.63, 3.8) is 0 Å². The van der Waals surface area contributed by atoms with E-state index in [2.05, 4.69) is 17.1 Å². The lowest BCUT2D eigenvalue weighted by Crippen LogP contribution is -2.36. The van der Waals surface area contributed by atoms with Crippen LogP contribution in [0, 0.1) is 19.7 Å². The second-order valence-corrected chi connectivity index (χ2v) is 9.13. The highest BCUT2D eigenvalue weighted by atomic mass is 19.1. The molecule has 1 aliphatic heterocycles. The van der Waals surface area contributed by atoms with Gasteiger partial charge in [0.2, 0.25) is 5.88 Å². The maximum absolute atomic E-state index is 14.4. The number of benzene rings is 2. The Hall–Kier alpha value is -3.74. The average Bonchev–Trinajstić information content (AvgIpc) is 2.88. The summed E-state index contributed by atoms with van der Waals surface area (Å²) in [4.78, 5) is 31.7. The molecule has 0 radical (unpaired) electrons. The van der Waals surface area contributed by atoms with Gasteiger partial charge >= 0.3 is 5.97 Å². The summed E-state index contributed by atoms with van der Waals surface area (Å²) in [7, 11) is 1.57. The molecule has 1 amide bonds. The van der Waals surface area contributed by atoms with E-state index in [0.717, 1.165) is 33.4 Å². The number of halogens is 1. The molecule has 0 saturated heterocycles. The lowest BCUT2D eigenvalue weighted by molar-refractivity contribution is -0.143. The number of aryl methyl sites for hydroxylation is 2. The minimum atomic E-state index is -0.512. The average molecular weight is 491 g/mol. The minimum absolute atomic E-state index is 0.0923. The molecular formula is C29H31FN2O4. The van der Waals surface area contributed by atoms with E-state index in [0.29, 0.717) is 32.0 Å². The van der Waals surface area contributed by atoms with Crippen molar-refractivity contribution < 1.29 is 23.5 Å². The van der Waals surface area contributed by atoms with E-state index in [4.69, 9.17) is 9.47 Å². The molecule has 0 bridgehead atoms. The van der Waals surface area contributed by atoms with Crippen LogP contribution in [0.25, 0.3) is 0 Å². The summed E-state index contributed by atoms with van der Waals surface area (Å²) in [6.07, 6.45) is 2.59. The van der Waals surface area contributed by atoms with E-state index in [-0.39, 0.29) is 29.8 Å². The number of ether oxygens (including phenoxy) is 2. The molecule has 0 aliphatic carbocycles. The summed E-state index contributed by atoms with van der Waals surface area (Å²) in [5.41, 5.74) is 5.88. The van der Waals surface area contributed by atoms with Gasteiger partial charge in [-0.3, -0.25) is 9.59 Å². The van der Waals surface area contributed by atoms with Crippen LogP contribution in [-0.2, 0) is 22.5 Å². The van der Waals surface area contributed by atoms with E-state index in [1.807, 2.05) is 26.0 Å². The van der Waals surface area contributed by atoms with Gasteiger partial charge in [0.05, 0.1) is 25.7 Å². The first-order valence-electron chi connectivity index (χ1n) is 12.1. The number of methoxy groups -OCH3 is 1. The molecular weight excluding hydrogens is 459 g/mol. The van der Waals surface area contributed by atoms with Gasteiger partial charge in [-0.25, -0.2) is 9.37 Å². The molecule has 1 atom stereocenters. The molecule has 36 heavy (non-hydrogen) atoms. The third-order valence-electron chi connectivity index (χ3n) is 6.67. The molecule has 0 unspecified atom stereocenters. The van der Waals surface area contributed by atoms with Gasteiger partial charge in [0.25, 0.3) is 5.91 Å². The van der Waals surface area contributed by atoms with Gasteiger partial charge in [-0.2, -0.15) is 0 Å². The number of fused-ring (bicyclic) bond motifs is 1. The number of hydrogen-bond acceptors (Lipinski definition) is 5. The summed E-state index contributed by atoms with van der Waals surface area (Å²) in [6.45, 7) is 6.80. The minimum Gasteiger partial charge on any atom is -0.481 e. The molecule has 1 aromatic heterocycles. The maximum Gasteiger partial charge on any atom is 0.306 e. The van der Waals surface area contributed by atoms with Crippen molar-refractivity contribution in [1.29, 1.82) is 0 Å². The van der Waals surface area contributed by atoms with Gasteiger partial charge < -0.3 is 14.4 Å². The molecule has 2 heterocycles. The summed E-state index contributed by atoms with van der Waals surface area (Å²) >= 11 is 0. The fourth-order valence-electron chi connectivity index (χ4n) is 4.75. The van der Waals surface area contributed by atoms with E-state index in [9.17, 15) is 14.0 Å². The molecule has 2 aromatic carbocycles. The monoisotopic (exact) mass is 490 g/mol. The van der Waals surface area contributed by atoms with Crippen molar-refractivity contribution in [3.8, 4) is 5.88 Å². The molecule has 7 heteroatoms. The molecule has 1 aliphatic rings. The number of carbonyl (C=O) groups excluding carboxylic acids is 2. The molecule has 0 saturated carbocycles. The molecule has 6 nitrogen and oxygen atoms in total. The zero-order valence-corrected chi connectivity index (χ0v) is 21.1. The van der Waals surface area contributed by atoms with Crippen LogP contribution in [0.1, 0.15) is 63.0 Å². The van der Waals surface area contributed by atoms with Gasteiger partial charge in [-0.15, -0.1) is 0 Å². The first-order chi connectivity index (χ1) is 17.3. The number of pyridine rings is 1. The van der Waals surface area contributed by atoms with Crippen LogP contribution in [0.2, 0.25) is 0 Å². The first kappa shape index (κ1) is 25.4. The van der Waals surface area contributed by atoms with Crippen molar-refractivity contribution in [1.82, 2.24) is 9.88 Å². The zero-order valence-electron chi connectivity index (χ0n) is 21.1. The normalized spacial score (nSPS) is 13.6. The van der Waals surface area contributed by atoms with Crippen LogP contribution >= 0.6 is 0 Å². The maximum atomic E-state index is 14.4. The van der Waals surface area contributed by atoms with Crippen molar-refractivity contribution in [2.24, 2.45) is 0 Å². The Morgan fingerprint density at radius 1 is 1.11 bits per heavy atom. The van der Waals surface area contributed by atoms with Crippen LogP contribution in [0.3, 0.4) is 0 Å². The summed E-state index contributed by atoms with van der Waals surface area (Å²) in [5.74, 6) is -0.878. The summed E-state index contributed by atoms with van der Waals surface area (Å²) < 4.78 is 24.9. The Morgan fingerprint density at radius 3 is 2.64 bits per heavy atom. The van der Waals surface area contributed by atoms with Crippen LogP contribution in [0.5, 0.6) is 5.88 Å². The third kappa shape index (κ3) is 5.40. The standard InChI is InChI=1S/C29H31FN2O4/c1-5-36-28(33)15-23(25-16-31-27(35-4)13-19(25)3)21-8-7-20-10-11-32(17-22(20)14-21)29(34)24-12-18(2)6-9-26(24)30/h6-9,12-14,16,23H,5,10-11,15,17H2,1-4H3/t23-/m1/s1. The molecule has 3 aromatic rings. The van der Waals surface area contributed by atoms with Crippen molar-refractivity contribution in [3.05, 3.63) is 93.4 Å². The van der Waals surface area contributed by atoms with Crippen LogP contribution in [0.15, 0.2) is 48.7 Å². The lowest BCUT2D eigenvalue weighted by atomic mass is 9.84. The second kappa shape index (κ2) is 10.9. The topological polar surface area (TPSA) is 68.7 Å². The predicted molar refractivity (Wildman–Crippen MR) is 135 cm³/mol. The fourth-order valence-corrected chi connectivity index (χ4v) is 4.75. The zero-order chi connectivity index (χ0) is 25.8. The van der Waals surface area contributed by atoms with Crippen LogP contribution < -0.4 is 4.74 Å². The van der Waals surface area contributed by atoms with E-state index < -0.39 is 5.82 Å². The molecule has 0 spiro atoms. The number of rotatable bonds is 7. The highest BCUT2D eigenvalue weighted by molar-refractivity contribution is 5.94. The Bertz CT molecular complexity index is 1290. The Labute approximate surface area is 211 Å². The lowest BCUT2D eigenvalue weighted by Gasteiger charge is -2.30. The Balaban J connectivity index is 1.66. The van der Waals surface area contributed by atoms with Crippen LogP contribution in [-0.4, -0.2) is 42.0 Å². The molecule has 0 fully saturated rings. The van der Waals surface area contributed by atoms with Crippen LogP contribution in [0.4, 0.5) is 4.39 Å². The van der Waals surface area contributed by atoms with Gasteiger partial charge in [0, 0.05) is 31.3 Å². The third-order valence-corrected chi connectivity index (χ3v) is 6.67. The Morgan fingerprint density at radius 2 is 1.92 bits per heavy atom. The smallest absolute Gasteiger partial charge is 0.306 e. The largest absolute Gasteiger partial charge is 0.481 e. The number of amides is 1. The van der Waals surface area contributed by atoms with E-state index in [1.165, 1.54) is 6.07 Å². The van der Waals surface area contributed by atoms with Gasteiger partial charge in [0.15, 0.2) is 0 Å². The molecule has 188 valence electrons. The van der Waals surface area contributed by atoms with Crippen molar-refractivity contribution in [2.45, 2.75) is 46.1 Å². The van der Waals surface area contributed by atoms with Crippen molar-refractivity contribution in [2.75, 3.05) is 20.3 Å². The van der Waals surface area contributed by atoms with E-state index in [1.54, 1.807) is 37.3 Å². The quantitative estimate of drug-likeness (QED) is 0.430. The molecule has 0 N–H and O–H groups in total. The molecule has 4 rings (SSSR count). The number of nitrogens with zero attached hydrogens (tertiary/aromatic N) is 2. The SMILES string of the molecule is CCOC(=O)C[C@H](c1ccc2c(c1)CN(C(=O)c1cc(C)ccc1F)CC2)c1cnc(OC)cc1C. The van der Waals surface area contributed by atoms with Crippen molar-refractivity contribution >= 4 is 11.9 Å². The van der Waals surface area contributed by atoms with E-state index >= 15 is 0 Å².